The van der Waals surface area contributed by atoms with Gasteiger partial charge in [-0.2, -0.15) is 0 Å². The number of esters is 1. The number of aliphatic carboxylic acids is 1. The van der Waals surface area contributed by atoms with E-state index < -0.39 is 18.0 Å². The van der Waals surface area contributed by atoms with Crippen molar-refractivity contribution in [3.63, 3.8) is 0 Å². The molecule has 5 N–H and O–H groups in total. The highest BCUT2D eigenvalue weighted by molar-refractivity contribution is 5.81. The Morgan fingerprint density at radius 2 is 1.93 bits per heavy atom. The fourth-order valence-corrected chi connectivity index (χ4v) is 0.542. The molecule has 0 aromatic carbocycles. The molecular formula is C7H15NO6. The van der Waals surface area contributed by atoms with E-state index in [2.05, 4.69) is 4.74 Å². The zero-order valence-corrected chi connectivity index (χ0v) is 7.84. The van der Waals surface area contributed by atoms with Crippen LogP contribution in [0.5, 0.6) is 0 Å². The van der Waals surface area contributed by atoms with Crippen molar-refractivity contribution in [3.8, 4) is 0 Å². The van der Waals surface area contributed by atoms with E-state index in [4.69, 9.17) is 21.4 Å². The van der Waals surface area contributed by atoms with E-state index in [9.17, 15) is 9.59 Å². The lowest BCUT2D eigenvalue weighted by Gasteiger charge is -2.05. The van der Waals surface area contributed by atoms with Gasteiger partial charge in [0, 0.05) is 0 Å². The highest BCUT2D eigenvalue weighted by Gasteiger charge is 2.16. The monoisotopic (exact) mass is 209 g/mol. The summed E-state index contributed by atoms with van der Waals surface area (Å²) < 4.78 is 4.63. The SMILES string of the molecule is CCCOC(=O)CC(N)C(=O)O.OO. The molecule has 0 amide bonds. The van der Waals surface area contributed by atoms with Crippen LogP contribution in [-0.4, -0.2) is 40.2 Å². The van der Waals surface area contributed by atoms with Crippen LogP contribution >= 0.6 is 0 Å². The minimum Gasteiger partial charge on any atom is -0.480 e. The number of carboxylic acid groups (broad SMARTS) is 1. The van der Waals surface area contributed by atoms with Gasteiger partial charge in [0.15, 0.2) is 0 Å². The Morgan fingerprint density at radius 3 is 2.29 bits per heavy atom. The molecule has 84 valence electrons. The smallest absolute Gasteiger partial charge is 0.321 e. The highest BCUT2D eigenvalue weighted by Crippen LogP contribution is 1.93. The van der Waals surface area contributed by atoms with E-state index in [1.54, 1.807) is 0 Å². The lowest BCUT2D eigenvalue weighted by atomic mass is 10.2. The Balaban J connectivity index is 0. The Labute approximate surface area is 81.0 Å². The molecule has 0 aliphatic heterocycles. The van der Waals surface area contributed by atoms with Crippen LogP contribution in [0.2, 0.25) is 0 Å². The second-order valence-electron chi connectivity index (χ2n) is 2.37. The van der Waals surface area contributed by atoms with Crippen molar-refractivity contribution in [2.45, 2.75) is 25.8 Å². The molecule has 7 nitrogen and oxygen atoms in total. The van der Waals surface area contributed by atoms with Crippen LogP contribution in [0.4, 0.5) is 0 Å². The minimum absolute atomic E-state index is 0.269. The molecule has 0 aromatic rings. The fraction of sp³-hybridized carbons (Fsp3) is 0.714. The van der Waals surface area contributed by atoms with Crippen molar-refractivity contribution in [1.29, 1.82) is 0 Å². The molecule has 7 heteroatoms. The van der Waals surface area contributed by atoms with Crippen LogP contribution in [-0.2, 0) is 14.3 Å². The fourth-order valence-electron chi connectivity index (χ4n) is 0.542. The average Bonchev–Trinajstić information content (AvgIpc) is 2.17. The van der Waals surface area contributed by atoms with Gasteiger partial charge in [-0.05, 0) is 6.42 Å². The summed E-state index contributed by atoms with van der Waals surface area (Å²) in [7, 11) is 0. The van der Waals surface area contributed by atoms with Gasteiger partial charge in [-0.1, -0.05) is 6.92 Å². The van der Waals surface area contributed by atoms with Crippen molar-refractivity contribution in [1.82, 2.24) is 0 Å². The van der Waals surface area contributed by atoms with Gasteiger partial charge in [0.05, 0.1) is 13.0 Å². The van der Waals surface area contributed by atoms with E-state index in [0.717, 1.165) is 0 Å². The zero-order chi connectivity index (χ0) is 11.6. The first-order chi connectivity index (χ1) is 6.57. The highest BCUT2D eigenvalue weighted by atomic mass is 17.0. The lowest BCUT2D eigenvalue weighted by molar-refractivity contribution is -0.176. The molecule has 0 aliphatic rings. The van der Waals surface area contributed by atoms with Crippen molar-refractivity contribution >= 4 is 11.9 Å². The van der Waals surface area contributed by atoms with E-state index in [0.29, 0.717) is 13.0 Å². The van der Waals surface area contributed by atoms with Gasteiger partial charge in [-0.25, -0.2) is 0 Å². The molecule has 0 aromatic heterocycles. The second-order valence-corrected chi connectivity index (χ2v) is 2.37. The first-order valence-electron chi connectivity index (χ1n) is 3.92. The van der Waals surface area contributed by atoms with Gasteiger partial charge < -0.3 is 15.6 Å². The molecular weight excluding hydrogens is 194 g/mol. The van der Waals surface area contributed by atoms with Crippen LogP contribution in [0.3, 0.4) is 0 Å². The summed E-state index contributed by atoms with van der Waals surface area (Å²) in [6.45, 7) is 2.16. The third-order valence-electron chi connectivity index (χ3n) is 1.17. The first-order valence-corrected chi connectivity index (χ1v) is 3.92. The van der Waals surface area contributed by atoms with E-state index in [1.807, 2.05) is 6.92 Å². The van der Waals surface area contributed by atoms with Crippen molar-refractivity contribution < 1.29 is 29.9 Å². The lowest BCUT2D eigenvalue weighted by Crippen LogP contribution is -2.33. The van der Waals surface area contributed by atoms with Gasteiger partial charge in [-0.3, -0.25) is 20.1 Å². The van der Waals surface area contributed by atoms with Gasteiger partial charge in [-0.15, -0.1) is 0 Å². The summed E-state index contributed by atoms with van der Waals surface area (Å²) in [6.07, 6.45) is 0.448. The molecule has 0 heterocycles. The van der Waals surface area contributed by atoms with Crippen molar-refractivity contribution in [2.24, 2.45) is 5.73 Å². The average molecular weight is 209 g/mol. The summed E-state index contributed by atoms with van der Waals surface area (Å²) in [5, 5.41) is 20.3. The molecule has 0 spiro atoms. The molecule has 0 saturated heterocycles. The predicted octanol–water partition coefficient (Wildman–Crippen LogP) is -0.241. The van der Waals surface area contributed by atoms with Crippen LogP contribution in [0.25, 0.3) is 0 Å². The number of carbonyl (C=O) groups is 2. The summed E-state index contributed by atoms with van der Waals surface area (Å²) >= 11 is 0. The largest absolute Gasteiger partial charge is 0.480 e. The molecule has 1 unspecified atom stereocenters. The Bertz CT molecular complexity index is 172. The summed E-state index contributed by atoms with van der Waals surface area (Å²) in [4.78, 5) is 20.9. The minimum atomic E-state index is -1.19. The first kappa shape index (κ1) is 15.3. The quantitative estimate of drug-likeness (QED) is 0.279. The number of ether oxygens (including phenoxy) is 1. The number of carboxylic acids is 1. The molecule has 0 saturated carbocycles. The molecule has 0 fully saturated rings. The number of nitrogens with two attached hydrogens (primary N) is 1. The topological polar surface area (TPSA) is 130 Å². The normalized spacial score (nSPS) is 10.9. The number of rotatable bonds is 5. The number of carbonyl (C=O) groups excluding carboxylic acids is 1. The second kappa shape index (κ2) is 9.90. The third-order valence-corrected chi connectivity index (χ3v) is 1.17. The van der Waals surface area contributed by atoms with E-state index in [-0.39, 0.29) is 6.42 Å². The molecule has 0 bridgehead atoms. The maximum atomic E-state index is 10.8. The molecule has 0 radical (unpaired) electrons. The van der Waals surface area contributed by atoms with Crippen LogP contribution in [0, 0.1) is 0 Å². The Hall–Kier alpha value is -1.18. The van der Waals surface area contributed by atoms with Crippen molar-refractivity contribution in [2.75, 3.05) is 6.61 Å². The molecule has 0 rings (SSSR count). The van der Waals surface area contributed by atoms with Crippen LogP contribution in [0.15, 0.2) is 0 Å². The standard InChI is InChI=1S/C7H13NO4.H2O2/c1-2-3-12-6(9)4-5(8)7(10)11;1-2/h5H,2-4,8H2,1H3,(H,10,11);1-2H. The van der Waals surface area contributed by atoms with Crippen LogP contribution in [0.1, 0.15) is 19.8 Å². The van der Waals surface area contributed by atoms with E-state index in [1.165, 1.54) is 0 Å². The number of hydrogen-bond acceptors (Lipinski definition) is 6. The predicted molar refractivity (Wildman–Crippen MR) is 46.7 cm³/mol. The van der Waals surface area contributed by atoms with Gasteiger partial charge in [0.1, 0.15) is 6.04 Å². The molecule has 14 heavy (non-hydrogen) atoms. The zero-order valence-electron chi connectivity index (χ0n) is 7.84. The van der Waals surface area contributed by atoms with Gasteiger partial charge >= 0.3 is 11.9 Å². The Morgan fingerprint density at radius 1 is 1.43 bits per heavy atom. The number of hydrogen-bond donors (Lipinski definition) is 4. The van der Waals surface area contributed by atoms with Gasteiger partial charge in [0.2, 0.25) is 0 Å². The summed E-state index contributed by atoms with van der Waals surface area (Å²) in [5.41, 5.74) is 5.09. The van der Waals surface area contributed by atoms with Crippen LogP contribution < -0.4 is 5.73 Å². The van der Waals surface area contributed by atoms with E-state index >= 15 is 0 Å². The third kappa shape index (κ3) is 8.91. The Kier molecular flexibility index (Phi) is 10.8. The molecule has 1 atom stereocenters. The maximum Gasteiger partial charge on any atom is 0.321 e. The molecule has 0 aliphatic carbocycles. The summed E-state index contributed by atoms with van der Waals surface area (Å²) in [5.74, 6) is -1.75. The van der Waals surface area contributed by atoms with Gasteiger partial charge in [0.25, 0.3) is 0 Å². The summed E-state index contributed by atoms with van der Waals surface area (Å²) in [6, 6.07) is -1.16. The van der Waals surface area contributed by atoms with Crippen molar-refractivity contribution in [3.05, 3.63) is 0 Å². The maximum absolute atomic E-state index is 10.8.